The summed E-state index contributed by atoms with van der Waals surface area (Å²) in [5.41, 5.74) is 0.289. The number of aliphatic carboxylic acids is 1. The molecule has 280 valence electrons. The van der Waals surface area contributed by atoms with E-state index in [1.165, 1.54) is 5.57 Å². The van der Waals surface area contributed by atoms with Gasteiger partial charge in [-0.2, -0.15) is 0 Å². The molecule has 8 nitrogen and oxygen atoms in total. The summed E-state index contributed by atoms with van der Waals surface area (Å²) in [6, 6.07) is 0. The van der Waals surface area contributed by atoms with Crippen LogP contribution in [0.5, 0.6) is 0 Å². The third-order valence-corrected chi connectivity index (χ3v) is 16.3. The Bertz CT molecular complexity index is 1460. The van der Waals surface area contributed by atoms with Crippen LogP contribution in [0.15, 0.2) is 11.1 Å². The number of carbonyl (C=O) groups excluding carboxylic acids is 3. The largest absolute Gasteiger partial charge is 0.481 e. The number of nitrogens with zero attached hydrogens (tertiary/aromatic N) is 2. The number of allylic oxidation sites excluding steroid dienone is 2. The second kappa shape index (κ2) is 12.5. The molecule has 1 aliphatic heterocycles. The average molecular weight is 695 g/mol. The van der Waals surface area contributed by atoms with Crippen molar-refractivity contribution in [3.8, 4) is 0 Å². The van der Waals surface area contributed by atoms with Crippen LogP contribution < -0.4 is 0 Å². The highest BCUT2D eigenvalue weighted by Gasteiger charge is 2.71. The summed E-state index contributed by atoms with van der Waals surface area (Å²) in [7, 11) is 2.14. The SMILES string of the molecule is CC(C)C1=C2[C@H]3CC[C@@H]4[C@@]5(C)CC[C@H](OC(=O)CC(C)(C)C(=O)O)C(C)(C)[C@@H]5CC[C@@]4(C)[C@]3(C)CC[C@@]2(C(=O)CN2CCN(C)CC2)CC1=O. The molecule has 0 bridgehead atoms. The lowest BCUT2D eigenvalue weighted by Gasteiger charge is -2.72. The molecule has 6 rings (SSSR count). The molecule has 0 aromatic rings. The van der Waals surface area contributed by atoms with Crippen LogP contribution in [0, 0.1) is 56.2 Å². The molecular formula is C42H66N2O6. The molecule has 0 aromatic carbocycles. The van der Waals surface area contributed by atoms with Gasteiger partial charge in [-0.25, -0.2) is 0 Å². The first-order valence-electron chi connectivity index (χ1n) is 19.8. The van der Waals surface area contributed by atoms with Crippen LogP contribution in [0.2, 0.25) is 0 Å². The Labute approximate surface area is 301 Å². The first-order valence-corrected chi connectivity index (χ1v) is 19.8. The van der Waals surface area contributed by atoms with Gasteiger partial charge < -0.3 is 14.7 Å². The van der Waals surface area contributed by atoms with E-state index in [1.807, 2.05) is 0 Å². The molecule has 4 saturated carbocycles. The molecule has 1 heterocycles. The monoisotopic (exact) mass is 694 g/mol. The van der Waals surface area contributed by atoms with Crippen LogP contribution in [-0.4, -0.2) is 84.3 Å². The lowest BCUT2D eigenvalue weighted by Crippen LogP contribution is -2.66. The summed E-state index contributed by atoms with van der Waals surface area (Å²) in [6.07, 6.45) is 7.76. The van der Waals surface area contributed by atoms with Crippen molar-refractivity contribution in [3.63, 3.8) is 0 Å². The summed E-state index contributed by atoms with van der Waals surface area (Å²) >= 11 is 0. The molecule has 8 heteroatoms. The summed E-state index contributed by atoms with van der Waals surface area (Å²) in [5.74, 6) is 0.309. The minimum Gasteiger partial charge on any atom is -0.481 e. The Balaban J connectivity index is 1.28. The number of hydrogen-bond acceptors (Lipinski definition) is 7. The number of likely N-dealkylation sites (N-methyl/N-ethyl adjacent to an activating group) is 1. The van der Waals surface area contributed by atoms with E-state index in [0.29, 0.717) is 24.8 Å². The number of carboxylic acids is 1. The van der Waals surface area contributed by atoms with Gasteiger partial charge in [0.15, 0.2) is 11.6 Å². The van der Waals surface area contributed by atoms with Gasteiger partial charge >= 0.3 is 11.9 Å². The van der Waals surface area contributed by atoms with E-state index < -0.39 is 22.8 Å². The van der Waals surface area contributed by atoms with Crippen LogP contribution in [0.1, 0.15) is 127 Å². The van der Waals surface area contributed by atoms with Gasteiger partial charge in [0.1, 0.15) is 6.10 Å². The molecule has 1 saturated heterocycles. The lowest BCUT2D eigenvalue weighted by molar-refractivity contribution is -0.233. The highest BCUT2D eigenvalue weighted by Crippen LogP contribution is 2.76. The number of carbonyl (C=O) groups is 4. The topological polar surface area (TPSA) is 104 Å². The van der Waals surface area contributed by atoms with Crippen molar-refractivity contribution in [2.75, 3.05) is 39.8 Å². The third-order valence-electron chi connectivity index (χ3n) is 16.3. The lowest BCUT2D eigenvalue weighted by atomic mass is 9.33. The first kappa shape index (κ1) is 37.7. The molecule has 1 N–H and O–H groups in total. The maximum atomic E-state index is 14.6. The van der Waals surface area contributed by atoms with E-state index >= 15 is 0 Å². The fourth-order valence-electron chi connectivity index (χ4n) is 13.2. The molecule has 0 unspecified atom stereocenters. The molecule has 6 aliphatic rings. The zero-order valence-corrected chi connectivity index (χ0v) is 32.9. The standard InChI is InChI=1S/C42H66N2O6/c1-26(2)34-28(45)23-42(31(46)25-44-21-19-43(10)20-22-44)18-17-40(8)27(35(34)42)11-12-30-39(7)15-14-32(50-33(47)24-37(3,4)36(48)49)38(5,6)29(39)13-16-41(30,40)9/h26-27,29-30,32H,11-25H2,1-10H3,(H,48,49)/t27-,29+,30-,32+,39+,40-,41-,42+/m1/s1. The van der Waals surface area contributed by atoms with E-state index in [2.05, 4.69) is 65.3 Å². The van der Waals surface area contributed by atoms with E-state index in [4.69, 9.17) is 4.74 Å². The molecule has 0 aromatic heterocycles. The molecule has 5 fully saturated rings. The first-order chi connectivity index (χ1) is 23.1. The number of ether oxygens (including phenoxy) is 1. The number of fused-ring (bicyclic) bond motifs is 7. The van der Waals surface area contributed by atoms with Crippen molar-refractivity contribution in [2.24, 2.45) is 56.2 Å². The number of Topliss-reactive ketones (excluding diaryl/α,β-unsaturated/α-hetero) is 2. The van der Waals surface area contributed by atoms with Crippen LogP contribution in [0.3, 0.4) is 0 Å². The fourth-order valence-corrected chi connectivity index (χ4v) is 13.2. The smallest absolute Gasteiger partial charge is 0.309 e. The number of esters is 1. The van der Waals surface area contributed by atoms with Crippen molar-refractivity contribution in [3.05, 3.63) is 11.1 Å². The van der Waals surface area contributed by atoms with Gasteiger partial charge in [-0.1, -0.05) is 48.5 Å². The highest BCUT2D eigenvalue weighted by atomic mass is 16.5. The number of rotatable bonds is 8. The normalized spacial score (nSPS) is 40.5. The minimum atomic E-state index is -1.16. The summed E-state index contributed by atoms with van der Waals surface area (Å²) in [6.45, 7) is 23.8. The molecule has 8 atom stereocenters. The molecule has 0 radical (unpaired) electrons. The summed E-state index contributed by atoms with van der Waals surface area (Å²) in [4.78, 5) is 58.1. The Morgan fingerprint density at radius 3 is 2.16 bits per heavy atom. The Hall–Kier alpha value is -2.06. The van der Waals surface area contributed by atoms with Gasteiger partial charge in [-0.3, -0.25) is 24.1 Å². The predicted octanol–water partition coefficient (Wildman–Crippen LogP) is 7.20. The number of ketones is 2. The predicted molar refractivity (Wildman–Crippen MR) is 194 cm³/mol. The summed E-state index contributed by atoms with van der Waals surface area (Å²) < 4.78 is 6.16. The zero-order chi connectivity index (χ0) is 36.8. The second-order valence-corrected chi connectivity index (χ2v) is 20.0. The van der Waals surface area contributed by atoms with Crippen molar-refractivity contribution in [1.82, 2.24) is 9.80 Å². The van der Waals surface area contributed by atoms with E-state index in [-0.39, 0.29) is 57.6 Å². The van der Waals surface area contributed by atoms with Gasteiger partial charge in [0, 0.05) is 38.0 Å². The Morgan fingerprint density at radius 1 is 0.880 bits per heavy atom. The zero-order valence-electron chi connectivity index (χ0n) is 32.9. The van der Waals surface area contributed by atoms with Crippen molar-refractivity contribution >= 4 is 23.5 Å². The van der Waals surface area contributed by atoms with E-state index in [0.717, 1.165) is 83.1 Å². The van der Waals surface area contributed by atoms with Gasteiger partial charge in [0.25, 0.3) is 0 Å². The van der Waals surface area contributed by atoms with Crippen molar-refractivity contribution in [2.45, 2.75) is 133 Å². The van der Waals surface area contributed by atoms with Gasteiger partial charge in [0.05, 0.1) is 23.8 Å². The maximum absolute atomic E-state index is 14.6. The Morgan fingerprint density at radius 2 is 1.54 bits per heavy atom. The third kappa shape index (κ3) is 5.58. The number of carboxylic acid groups (broad SMARTS) is 1. The highest BCUT2D eigenvalue weighted by molar-refractivity contribution is 6.07. The van der Waals surface area contributed by atoms with Crippen molar-refractivity contribution in [1.29, 1.82) is 0 Å². The summed E-state index contributed by atoms with van der Waals surface area (Å²) in [5, 5.41) is 9.60. The van der Waals surface area contributed by atoms with Gasteiger partial charge in [-0.15, -0.1) is 0 Å². The fraction of sp³-hybridized carbons (Fsp3) is 0.857. The maximum Gasteiger partial charge on any atom is 0.309 e. The molecule has 5 aliphatic carbocycles. The molecule has 50 heavy (non-hydrogen) atoms. The number of piperazine rings is 1. The molecule has 0 amide bonds. The van der Waals surface area contributed by atoms with Crippen LogP contribution >= 0.6 is 0 Å². The quantitative estimate of drug-likeness (QED) is 0.266. The van der Waals surface area contributed by atoms with Crippen LogP contribution in [0.4, 0.5) is 0 Å². The second-order valence-electron chi connectivity index (χ2n) is 20.0. The molecular weight excluding hydrogens is 628 g/mol. The number of hydrogen-bond donors (Lipinski definition) is 1. The van der Waals surface area contributed by atoms with Crippen LogP contribution in [0.25, 0.3) is 0 Å². The van der Waals surface area contributed by atoms with E-state index in [9.17, 15) is 24.3 Å². The van der Waals surface area contributed by atoms with E-state index in [1.54, 1.807) is 13.8 Å². The average Bonchev–Trinajstić information content (AvgIpc) is 3.33. The van der Waals surface area contributed by atoms with Crippen molar-refractivity contribution < 1.29 is 29.0 Å². The van der Waals surface area contributed by atoms with Gasteiger partial charge in [-0.05, 0) is 123 Å². The van der Waals surface area contributed by atoms with Gasteiger partial charge in [0.2, 0.25) is 0 Å². The molecule has 0 spiro atoms. The Kier molecular flexibility index (Phi) is 9.44. The van der Waals surface area contributed by atoms with Crippen LogP contribution in [-0.2, 0) is 23.9 Å². The minimum absolute atomic E-state index is 0.0164.